The highest BCUT2D eigenvalue weighted by Gasteiger charge is 2.21. The van der Waals surface area contributed by atoms with Crippen molar-refractivity contribution in [2.75, 3.05) is 19.4 Å². The summed E-state index contributed by atoms with van der Waals surface area (Å²) in [5.41, 5.74) is 0.409. The number of hydrogen-bond donors (Lipinski definition) is 1. The molecule has 0 aromatic heterocycles. The number of rotatable bonds is 7. The van der Waals surface area contributed by atoms with Crippen molar-refractivity contribution >= 4 is 27.6 Å². The first-order valence-electron chi connectivity index (χ1n) is 8.37. The van der Waals surface area contributed by atoms with Crippen molar-refractivity contribution in [2.45, 2.75) is 24.3 Å². The number of carbonyl (C=O) groups is 2. The molecule has 0 bridgehead atoms. The van der Waals surface area contributed by atoms with Crippen molar-refractivity contribution in [3.8, 4) is 0 Å². The number of carbonyl (C=O) groups excluding carboxylic acids is 2. The summed E-state index contributed by atoms with van der Waals surface area (Å²) in [6.45, 7) is 1.37. The Hall–Kier alpha value is -2.78. The second-order valence-electron chi connectivity index (χ2n) is 6.20. The van der Waals surface area contributed by atoms with Crippen LogP contribution >= 0.6 is 0 Å². The molecule has 0 saturated heterocycles. The Labute approximate surface area is 163 Å². The van der Waals surface area contributed by atoms with E-state index in [4.69, 9.17) is 4.74 Å². The molecule has 28 heavy (non-hydrogen) atoms. The van der Waals surface area contributed by atoms with E-state index < -0.39 is 33.8 Å². The van der Waals surface area contributed by atoms with Gasteiger partial charge in [0.25, 0.3) is 5.91 Å². The van der Waals surface area contributed by atoms with Crippen LogP contribution in [-0.2, 0) is 30.8 Å². The summed E-state index contributed by atoms with van der Waals surface area (Å²) in [4.78, 5) is 24.2. The summed E-state index contributed by atoms with van der Waals surface area (Å²) >= 11 is 0. The molecule has 0 saturated carbocycles. The number of nitrogens with one attached hydrogen (secondary N) is 1. The fourth-order valence-corrected chi connectivity index (χ4v) is 3.23. The predicted octanol–water partition coefficient (Wildman–Crippen LogP) is 2.19. The summed E-state index contributed by atoms with van der Waals surface area (Å²) < 4.78 is 44.0. The van der Waals surface area contributed by atoms with Gasteiger partial charge in [-0.25, -0.2) is 17.1 Å². The molecule has 2 aromatic rings. The minimum Gasteiger partial charge on any atom is -0.452 e. The smallest absolute Gasteiger partial charge is 0.311 e. The maximum absolute atomic E-state index is 13.6. The van der Waals surface area contributed by atoms with Gasteiger partial charge in [-0.05, 0) is 36.8 Å². The van der Waals surface area contributed by atoms with Crippen LogP contribution in [0.5, 0.6) is 0 Å². The average molecular weight is 408 g/mol. The molecule has 0 unspecified atom stereocenters. The highest BCUT2D eigenvalue weighted by atomic mass is 32.2. The van der Waals surface area contributed by atoms with Crippen LogP contribution in [-0.4, -0.2) is 44.8 Å². The third-order valence-corrected chi connectivity index (χ3v) is 5.66. The largest absolute Gasteiger partial charge is 0.452 e. The van der Waals surface area contributed by atoms with E-state index in [1.54, 1.807) is 6.07 Å². The Morgan fingerprint density at radius 3 is 2.46 bits per heavy atom. The number of ether oxygens (including phenoxy) is 1. The maximum Gasteiger partial charge on any atom is 0.311 e. The number of anilines is 1. The first-order valence-corrected chi connectivity index (χ1v) is 9.81. The Balaban J connectivity index is 2.01. The predicted molar refractivity (Wildman–Crippen MR) is 102 cm³/mol. The van der Waals surface area contributed by atoms with Crippen molar-refractivity contribution in [2.24, 2.45) is 0 Å². The number of sulfonamides is 1. The molecule has 0 radical (unpaired) electrons. The van der Waals surface area contributed by atoms with Gasteiger partial charge in [-0.1, -0.05) is 24.3 Å². The molecule has 9 heteroatoms. The normalized spacial score (nSPS) is 12.5. The molecule has 2 rings (SSSR count). The zero-order valence-corrected chi connectivity index (χ0v) is 16.5. The third-order valence-electron chi connectivity index (χ3n) is 3.85. The van der Waals surface area contributed by atoms with Crippen LogP contribution in [0.25, 0.3) is 0 Å². The highest BCUT2D eigenvalue weighted by Crippen LogP contribution is 2.18. The maximum atomic E-state index is 13.6. The second kappa shape index (κ2) is 8.94. The van der Waals surface area contributed by atoms with Crippen molar-refractivity contribution in [3.63, 3.8) is 0 Å². The molecular weight excluding hydrogens is 387 g/mol. The van der Waals surface area contributed by atoms with E-state index in [9.17, 15) is 22.4 Å². The van der Waals surface area contributed by atoms with Crippen LogP contribution in [0.4, 0.5) is 10.1 Å². The lowest BCUT2D eigenvalue weighted by molar-refractivity contribution is -0.152. The summed E-state index contributed by atoms with van der Waals surface area (Å²) in [5, 5.41) is 2.50. The lowest BCUT2D eigenvalue weighted by atomic mass is 10.1. The molecular formula is C19H21FN2O5S. The van der Waals surface area contributed by atoms with E-state index in [2.05, 4.69) is 5.32 Å². The van der Waals surface area contributed by atoms with E-state index in [0.717, 1.165) is 4.31 Å². The number of halogens is 1. The van der Waals surface area contributed by atoms with Gasteiger partial charge in [0.15, 0.2) is 6.10 Å². The minimum atomic E-state index is -3.65. The Bertz CT molecular complexity index is 976. The molecule has 0 heterocycles. The number of esters is 1. The van der Waals surface area contributed by atoms with Crippen LogP contribution < -0.4 is 5.32 Å². The monoisotopic (exact) mass is 408 g/mol. The SMILES string of the molecule is C[C@@H](OC(=O)Cc1ccccc1F)C(=O)Nc1cccc(S(=O)(=O)N(C)C)c1. The zero-order chi connectivity index (χ0) is 20.9. The molecule has 2 aromatic carbocycles. The number of hydrogen-bond acceptors (Lipinski definition) is 5. The Morgan fingerprint density at radius 2 is 1.82 bits per heavy atom. The number of amides is 1. The lowest BCUT2D eigenvalue weighted by Gasteiger charge is -2.15. The van der Waals surface area contributed by atoms with E-state index in [1.807, 2.05) is 0 Å². The fourth-order valence-electron chi connectivity index (χ4n) is 2.28. The van der Waals surface area contributed by atoms with E-state index >= 15 is 0 Å². The molecule has 150 valence electrons. The van der Waals surface area contributed by atoms with E-state index in [-0.39, 0.29) is 22.6 Å². The van der Waals surface area contributed by atoms with Crippen LogP contribution in [0.2, 0.25) is 0 Å². The Kier molecular flexibility index (Phi) is 6.87. The molecule has 0 aliphatic heterocycles. The van der Waals surface area contributed by atoms with Gasteiger partial charge in [0, 0.05) is 19.8 Å². The summed E-state index contributed by atoms with van der Waals surface area (Å²) in [7, 11) is -0.851. The van der Waals surface area contributed by atoms with Gasteiger partial charge in [-0.15, -0.1) is 0 Å². The topological polar surface area (TPSA) is 92.8 Å². The lowest BCUT2D eigenvalue weighted by Crippen LogP contribution is -2.30. The zero-order valence-electron chi connectivity index (χ0n) is 15.7. The van der Waals surface area contributed by atoms with Crippen LogP contribution in [0, 0.1) is 5.82 Å². The summed E-state index contributed by atoms with van der Waals surface area (Å²) in [5.74, 6) is -1.92. The highest BCUT2D eigenvalue weighted by molar-refractivity contribution is 7.89. The standard InChI is InChI=1S/C19H21FN2O5S/c1-13(27-18(23)11-14-7-4-5-10-17(14)20)19(24)21-15-8-6-9-16(12-15)28(25,26)22(2)3/h4-10,12-13H,11H2,1-3H3,(H,21,24)/t13-/m1/s1. The molecule has 7 nitrogen and oxygen atoms in total. The minimum absolute atomic E-state index is 0.0134. The summed E-state index contributed by atoms with van der Waals surface area (Å²) in [6, 6.07) is 11.5. The van der Waals surface area contributed by atoms with Crippen LogP contribution in [0.3, 0.4) is 0 Å². The van der Waals surface area contributed by atoms with E-state index in [1.165, 1.54) is 63.5 Å². The van der Waals surface area contributed by atoms with Gasteiger partial charge in [0.1, 0.15) is 5.82 Å². The Morgan fingerprint density at radius 1 is 1.14 bits per heavy atom. The third kappa shape index (κ3) is 5.37. The first-order chi connectivity index (χ1) is 13.1. The quantitative estimate of drug-likeness (QED) is 0.709. The van der Waals surface area contributed by atoms with Crippen molar-refractivity contribution in [1.29, 1.82) is 0 Å². The molecule has 1 amide bonds. The van der Waals surface area contributed by atoms with Crippen molar-refractivity contribution in [1.82, 2.24) is 4.31 Å². The fraction of sp³-hybridized carbons (Fsp3) is 0.263. The van der Waals surface area contributed by atoms with Gasteiger partial charge in [0.05, 0.1) is 11.3 Å². The van der Waals surface area contributed by atoms with Gasteiger partial charge in [-0.3, -0.25) is 9.59 Å². The molecule has 0 aliphatic carbocycles. The van der Waals surface area contributed by atoms with Crippen molar-refractivity contribution < 1.29 is 27.1 Å². The van der Waals surface area contributed by atoms with Gasteiger partial charge < -0.3 is 10.1 Å². The molecule has 0 fully saturated rings. The van der Waals surface area contributed by atoms with Gasteiger partial charge in [0.2, 0.25) is 10.0 Å². The molecule has 0 aliphatic rings. The summed E-state index contributed by atoms with van der Waals surface area (Å²) in [6.07, 6.45) is -1.45. The van der Waals surface area contributed by atoms with Crippen molar-refractivity contribution in [3.05, 3.63) is 59.9 Å². The van der Waals surface area contributed by atoms with E-state index in [0.29, 0.717) is 0 Å². The molecule has 1 N–H and O–H groups in total. The molecule has 0 spiro atoms. The second-order valence-corrected chi connectivity index (χ2v) is 8.36. The van der Waals surface area contributed by atoms with Crippen LogP contribution in [0.15, 0.2) is 53.4 Å². The number of nitrogens with zero attached hydrogens (tertiary/aromatic N) is 1. The van der Waals surface area contributed by atoms with Gasteiger partial charge in [-0.2, -0.15) is 0 Å². The van der Waals surface area contributed by atoms with Gasteiger partial charge >= 0.3 is 5.97 Å². The molecule has 1 atom stereocenters. The first kappa shape index (κ1) is 21.5. The number of benzene rings is 2. The van der Waals surface area contributed by atoms with Crippen LogP contribution in [0.1, 0.15) is 12.5 Å². The average Bonchev–Trinajstić information content (AvgIpc) is 2.63.